The molecule has 1 saturated heterocycles. The molecule has 1 amide bonds. The topological polar surface area (TPSA) is 84.7 Å². The predicted molar refractivity (Wildman–Crippen MR) is 82.0 cm³/mol. The van der Waals surface area contributed by atoms with Crippen molar-refractivity contribution < 1.29 is 14.5 Å². The number of rotatable bonds is 5. The van der Waals surface area contributed by atoms with Crippen LogP contribution >= 0.6 is 0 Å². The molecule has 1 aliphatic rings. The molecule has 7 heteroatoms. The van der Waals surface area contributed by atoms with E-state index >= 15 is 0 Å². The zero-order valence-electron chi connectivity index (χ0n) is 12.9. The maximum absolute atomic E-state index is 11.7. The van der Waals surface area contributed by atoms with Crippen LogP contribution < -0.4 is 10.1 Å². The van der Waals surface area contributed by atoms with E-state index in [4.69, 9.17) is 4.74 Å². The molecule has 1 aromatic rings. The number of non-ortho nitro benzene ring substituents is 1. The summed E-state index contributed by atoms with van der Waals surface area (Å²) in [6.45, 7) is 6.74. The van der Waals surface area contributed by atoms with Crippen LogP contribution in [0.15, 0.2) is 24.3 Å². The van der Waals surface area contributed by atoms with Crippen molar-refractivity contribution in [3.63, 3.8) is 0 Å². The fraction of sp³-hybridized carbons (Fsp3) is 0.533. The first kappa shape index (κ1) is 16.2. The third kappa shape index (κ3) is 4.17. The van der Waals surface area contributed by atoms with Crippen LogP contribution in [0.1, 0.15) is 26.7 Å². The third-order valence-electron chi connectivity index (χ3n) is 3.98. The molecular weight excluding hydrogens is 286 g/mol. The fourth-order valence-electron chi connectivity index (χ4n) is 2.65. The molecule has 0 atom stereocenters. The highest BCUT2D eigenvalue weighted by atomic mass is 16.6. The van der Waals surface area contributed by atoms with Crippen LogP contribution in [0.2, 0.25) is 0 Å². The average Bonchev–Trinajstić information content (AvgIpc) is 2.78. The fourth-order valence-corrected chi connectivity index (χ4v) is 2.65. The monoisotopic (exact) mass is 307 g/mol. The van der Waals surface area contributed by atoms with Crippen LogP contribution in [0.4, 0.5) is 10.5 Å². The minimum atomic E-state index is -0.550. The van der Waals surface area contributed by atoms with Crippen molar-refractivity contribution >= 4 is 11.8 Å². The number of nitro groups is 1. The zero-order chi connectivity index (χ0) is 16.2. The van der Waals surface area contributed by atoms with Gasteiger partial charge in [-0.2, -0.15) is 0 Å². The van der Waals surface area contributed by atoms with Gasteiger partial charge in [-0.1, -0.05) is 0 Å². The summed E-state index contributed by atoms with van der Waals surface area (Å²) in [5, 5.41) is 13.2. The Balaban J connectivity index is 1.75. The quantitative estimate of drug-likeness (QED) is 0.667. The Hall–Kier alpha value is -2.15. The second-order valence-electron chi connectivity index (χ2n) is 5.97. The molecule has 0 unspecified atom stereocenters. The Bertz CT molecular complexity index is 542. The highest BCUT2D eigenvalue weighted by molar-refractivity contribution is 5.70. The van der Waals surface area contributed by atoms with Crippen LogP contribution in [0, 0.1) is 10.1 Å². The molecule has 7 nitrogen and oxygen atoms in total. The van der Waals surface area contributed by atoms with E-state index in [1.807, 2.05) is 0 Å². The van der Waals surface area contributed by atoms with Crippen molar-refractivity contribution in [3.05, 3.63) is 34.4 Å². The van der Waals surface area contributed by atoms with Gasteiger partial charge in [0.15, 0.2) is 0 Å². The van der Waals surface area contributed by atoms with E-state index < -0.39 is 11.0 Å². The van der Waals surface area contributed by atoms with Crippen LogP contribution in [-0.2, 0) is 0 Å². The number of nitro benzene ring substituents is 1. The highest BCUT2D eigenvalue weighted by Crippen LogP contribution is 2.27. The molecule has 1 fully saturated rings. The summed E-state index contributed by atoms with van der Waals surface area (Å²) in [6, 6.07) is 5.41. The lowest BCUT2D eigenvalue weighted by molar-refractivity contribution is -0.384. The number of nitrogens with one attached hydrogen (secondary N) is 1. The lowest BCUT2D eigenvalue weighted by Crippen LogP contribution is -2.43. The molecule has 22 heavy (non-hydrogen) atoms. The molecule has 120 valence electrons. The van der Waals surface area contributed by atoms with Gasteiger partial charge in [0, 0.05) is 30.8 Å². The summed E-state index contributed by atoms with van der Waals surface area (Å²) in [6.07, 6.45) is 1.80. The molecule has 0 spiro atoms. The van der Waals surface area contributed by atoms with Crippen molar-refractivity contribution in [2.75, 3.05) is 19.6 Å². The summed E-state index contributed by atoms with van der Waals surface area (Å²) in [7, 11) is 0. The highest BCUT2D eigenvalue weighted by Gasteiger charge is 2.31. The number of likely N-dealkylation sites (tertiary alicyclic amines) is 1. The van der Waals surface area contributed by atoms with Gasteiger partial charge in [-0.25, -0.2) is 4.79 Å². The first-order valence-electron chi connectivity index (χ1n) is 7.34. The second-order valence-corrected chi connectivity index (χ2v) is 5.97. The lowest BCUT2D eigenvalue weighted by Gasteiger charge is -2.31. The first-order chi connectivity index (χ1) is 10.4. The number of ether oxygens (including phenoxy) is 1. The molecule has 2 rings (SSSR count). The van der Waals surface area contributed by atoms with Gasteiger partial charge in [-0.3, -0.25) is 15.0 Å². The number of benzene rings is 1. The second kappa shape index (κ2) is 6.74. The number of amides is 1. The van der Waals surface area contributed by atoms with E-state index in [0.29, 0.717) is 6.54 Å². The van der Waals surface area contributed by atoms with Gasteiger partial charge in [0.05, 0.1) is 4.92 Å². The van der Waals surface area contributed by atoms with E-state index in [1.165, 1.54) is 37.1 Å². The Morgan fingerprint density at radius 2 is 2.09 bits per heavy atom. The van der Waals surface area contributed by atoms with Gasteiger partial charge >= 0.3 is 6.09 Å². The summed E-state index contributed by atoms with van der Waals surface area (Å²) >= 11 is 0. The molecule has 1 heterocycles. The van der Waals surface area contributed by atoms with Gasteiger partial charge in [-0.15, -0.1) is 0 Å². The van der Waals surface area contributed by atoms with Gasteiger partial charge < -0.3 is 10.1 Å². The zero-order valence-corrected chi connectivity index (χ0v) is 12.9. The number of carbonyl (C=O) groups is 1. The molecule has 0 aliphatic carbocycles. The molecule has 0 radical (unpaired) electrons. The maximum Gasteiger partial charge on any atom is 0.412 e. The minimum absolute atomic E-state index is 0.0379. The SMILES string of the molecule is CC1(C)CCCN1CCNC(=O)Oc1ccc([N+](=O)[O-])cc1. The predicted octanol–water partition coefficient (Wildman–Crippen LogP) is 2.56. The van der Waals surface area contributed by atoms with Crippen LogP contribution in [0.5, 0.6) is 5.75 Å². The normalized spacial score (nSPS) is 17.2. The Kier molecular flexibility index (Phi) is 4.97. The molecule has 0 bridgehead atoms. The lowest BCUT2D eigenvalue weighted by atomic mass is 10.0. The number of hydrogen-bond acceptors (Lipinski definition) is 5. The van der Waals surface area contributed by atoms with Crippen molar-refractivity contribution in [2.24, 2.45) is 0 Å². The van der Waals surface area contributed by atoms with E-state index in [0.717, 1.165) is 13.1 Å². The summed E-state index contributed by atoms with van der Waals surface area (Å²) in [5.74, 6) is 0.282. The number of nitrogens with zero attached hydrogens (tertiary/aromatic N) is 2. The summed E-state index contributed by atoms with van der Waals surface area (Å²) < 4.78 is 5.07. The van der Waals surface area contributed by atoms with Crippen molar-refractivity contribution in [3.8, 4) is 5.75 Å². The van der Waals surface area contributed by atoms with Gasteiger partial charge in [0.1, 0.15) is 5.75 Å². The van der Waals surface area contributed by atoms with Gasteiger partial charge in [0.25, 0.3) is 5.69 Å². The Morgan fingerprint density at radius 1 is 1.41 bits per heavy atom. The maximum atomic E-state index is 11.7. The Labute approximate surface area is 129 Å². The molecule has 1 N–H and O–H groups in total. The molecule has 0 saturated carbocycles. The largest absolute Gasteiger partial charge is 0.412 e. The number of hydrogen-bond donors (Lipinski definition) is 1. The number of carbonyl (C=O) groups excluding carboxylic acids is 1. The standard InChI is InChI=1S/C15H21N3O4/c1-15(2)8-3-10-17(15)11-9-16-14(19)22-13-6-4-12(5-7-13)18(20)21/h4-7H,3,8-11H2,1-2H3,(H,16,19). The van der Waals surface area contributed by atoms with E-state index in [9.17, 15) is 14.9 Å². The molecule has 0 aromatic heterocycles. The van der Waals surface area contributed by atoms with Crippen LogP contribution in [0.25, 0.3) is 0 Å². The molecular formula is C15H21N3O4. The summed E-state index contributed by atoms with van der Waals surface area (Å²) in [4.78, 5) is 24.1. The molecule has 1 aromatic carbocycles. The van der Waals surface area contributed by atoms with Gasteiger partial charge in [0.2, 0.25) is 0 Å². The first-order valence-corrected chi connectivity index (χ1v) is 7.34. The third-order valence-corrected chi connectivity index (χ3v) is 3.98. The van der Waals surface area contributed by atoms with Crippen molar-refractivity contribution in [2.45, 2.75) is 32.2 Å². The Morgan fingerprint density at radius 3 is 2.64 bits per heavy atom. The van der Waals surface area contributed by atoms with E-state index in [-0.39, 0.29) is 17.0 Å². The van der Waals surface area contributed by atoms with Gasteiger partial charge in [-0.05, 0) is 45.4 Å². The van der Waals surface area contributed by atoms with E-state index in [2.05, 4.69) is 24.1 Å². The van der Waals surface area contributed by atoms with Crippen LogP contribution in [-0.4, -0.2) is 41.1 Å². The summed E-state index contributed by atoms with van der Waals surface area (Å²) in [5.41, 5.74) is 0.147. The van der Waals surface area contributed by atoms with Crippen molar-refractivity contribution in [1.29, 1.82) is 0 Å². The van der Waals surface area contributed by atoms with Crippen molar-refractivity contribution in [1.82, 2.24) is 10.2 Å². The van der Waals surface area contributed by atoms with Crippen LogP contribution in [0.3, 0.4) is 0 Å². The molecule has 1 aliphatic heterocycles. The average molecular weight is 307 g/mol. The van der Waals surface area contributed by atoms with E-state index in [1.54, 1.807) is 0 Å². The smallest absolute Gasteiger partial charge is 0.410 e. The minimum Gasteiger partial charge on any atom is -0.410 e.